The number of aliphatic hydroxyl groups excluding tert-OH is 2. The van der Waals surface area contributed by atoms with Crippen molar-refractivity contribution in [3.05, 3.63) is 103 Å². The van der Waals surface area contributed by atoms with Crippen molar-refractivity contribution in [2.24, 2.45) is 0 Å². The van der Waals surface area contributed by atoms with Crippen LogP contribution < -0.4 is 11.2 Å². The number of carbonyl (C=O) groups excluding carboxylic acids is 2. The van der Waals surface area contributed by atoms with Gasteiger partial charge in [-0.3, -0.25) is 23.5 Å². The lowest BCUT2D eigenvalue weighted by molar-refractivity contribution is -0.0466. The van der Waals surface area contributed by atoms with Crippen molar-refractivity contribution in [2.45, 2.75) is 31.4 Å². The highest BCUT2D eigenvalue weighted by Gasteiger charge is 2.36. The van der Waals surface area contributed by atoms with Crippen LogP contribution >= 0.6 is 0 Å². The molecule has 1 fully saturated rings. The second-order valence-electron chi connectivity index (χ2n) is 8.26. The molecule has 5 rings (SSSR count). The van der Waals surface area contributed by atoms with Gasteiger partial charge in [-0.15, -0.1) is 0 Å². The molecule has 10 heteroatoms. The van der Waals surface area contributed by atoms with E-state index >= 15 is 0 Å². The van der Waals surface area contributed by atoms with Gasteiger partial charge in [0.2, 0.25) is 5.82 Å². The summed E-state index contributed by atoms with van der Waals surface area (Å²) in [6.07, 6.45) is -2.42. The number of hydrogen-bond acceptors (Lipinski definition) is 7. The number of fused-ring (bicyclic) bond motifs is 2. The van der Waals surface area contributed by atoms with Gasteiger partial charge in [0.25, 0.3) is 5.56 Å². The number of rotatable bonds is 4. The third-order valence-corrected chi connectivity index (χ3v) is 6.18. The van der Waals surface area contributed by atoms with Gasteiger partial charge in [-0.25, -0.2) is 4.79 Å². The lowest BCUT2D eigenvalue weighted by atomic mass is 9.83. The Morgan fingerprint density at radius 1 is 0.971 bits per heavy atom. The summed E-state index contributed by atoms with van der Waals surface area (Å²) in [5.74, 6) is -1.87. The summed E-state index contributed by atoms with van der Waals surface area (Å²) in [4.78, 5) is 51.2. The van der Waals surface area contributed by atoms with E-state index in [1.54, 1.807) is 24.3 Å². The van der Waals surface area contributed by atoms with Gasteiger partial charge in [-0.1, -0.05) is 30.3 Å². The van der Waals surface area contributed by atoms with E-state index in [9.17, 15) is 33.8 Å². The SMILES string of the molecule is O=C1c2ccccc2C(=O)c2cc(Cn3c(=O)c(F)cn([C@H]4C[C@H](O)[C@@H](CO)O4)c3=O)ccc21. The number of aliphatic hydroxyl groups is 2. The van der Waals surface area contributed by atoms with E-state index in [2.05, 4.69) is 0 Å². The van der Waals surface area contributed by atoms with Gasteiger partial charge >= 0.3 is 5.69 Å². The van der Waals surface area contributed by atoms with E-state index in [1.165, 1.54) is 18.2 Å². The van der Waals surface area contributed by atoms with Crippen molar-refractivity contribution >= 4 is 11.6 Å². The second kappa shape index (κ2) is 8.24. The van der Waals surface area contributed by atoms with E-state index in [0.29, 0.717) is 21.9 Å². The molecule has 174 valence electrons. The van der Waals surface area contributed by atoms with Gasteiger partial charge in [-0.2, -0.15) is 4.39 Å². The van der Waals surface area contributed by atoms with Crippen molar-refractivity contribution in [2.75, 3.05) is 6.61 Å². The largest absolute Gasteiger partial charge is 0.394 e. The van der Waals surface area contributed by atoms with Gasteiger partial charge in [0, 0.05) is 28.7 Å². The molecule has 0 radical (unpaired) electrons. The number of carbonyl (C=O) groups is 2. The first kappa shape index (κ1) is 22.1. The van der Waals surface area contributed by atoms with Crippen molar-refractivity contribution in [1.29, 1.82) is 0 Å². The van der Waals surface area contributed by atoms with Crippen molar-refractivity contribution in [3.8, 4) is 0 Å². The standard InChI is InChI=1S/C24H19FN2O7/c25-17-10-26(20-8-18(29)19(11-28)34-20)24(33)27(23(17)32)9-12-5-6-15-16(7-12)22(31)14-4-2-1-3-13(14)21(15)30/h1-7,10,18-20,28-29H,8-9,11H2/t18-,19+,20+/m0/s1. The average molecular weight is 466 g/mol. The summed E-state index contributed by atoms with van der Waals surface area (Å²) in [6.45, 7) is -0.843. The van der Waals surface area contributed by atoms with Gasteiger partial charge in [-0.05, 0) is 17.7 Å². The molecule has 0 amide bonds. The van der Waals surface area contributed by atoms with Crippen LogP contribution in [0.25, 0.3) is 0 Å². The summed E-state index contributed by atoms with van der Waals surface area (Å²) < 4.78 is 21.4. The minimum Gasteiger partial charge on any atom is -0.394 e. The molecule has 2 aromatic carbocycles. The normalized spacial score (nSPS) is 21.4. The topological polar surface area (TPSA) is 128 Å². The molecule has 0 saturated carbocycles. The monoisotopic (exact) mass is 466 g/mol. The lowest BCUT2D eigenvalue weighted by Crippen LogP contribution is -2.42. The number of hydrogen-bond donors (Lipinski definition) is 2. The number of aromatic nitrogens is 2. The highest BCUT2D eigenvalue weighted by molar-refractivity contribution is 6.28. The summed E-state index contributed by atoms with van der Waals surface area (Å²) in [5, 5.41) is 19.2. The highest BCUT2D eigenvalue weighted by atomic mass is 19.1. The van der Waals surface area contributed by atoms with Gasteiger partial charge in [0.1, 0.15) is 12.3 Å². The summed E-state index contributed by atoms with van der Waals surface area (Å²) in [5.41, 5.74) is -0.790. The third kappa shape index (κ3) is 3.43. The van der Waals surface area contributed by atoms with E-state index in [0.717, 1.165) is 4.57 Å². The second-order valence-corrected chi connectivity index (χ2v) is 8.26. The fourth-order valence-corrected chi connectivity index (χ4v) is 4.41. The molecular weight excluding hydrogens is 447 g/mol. The van der Waals surface area contributed by atoms with Gasteiger partial charge < -0.3 is 14.9 Å². The molecule has 0 bridgehead atoms. The molecule has 1 aromatic heterocycles. The predicted octanol–water partition coefficient (Wildman–Crippen LogP) is 0.613. The predicted molar refractivity (Wildman–Crippen MR) is 115 cm³/mol. The number of halogens is 1. The molecule has 1 aliphatic carbocycles. The molecule has 3 atom stereocenters. The van der Waals surface area contributed by atoms with Crippen LogP contribution in [0.5, 0.6) is 0 Å². The number of nitrogens with zero attached hydrogens (tertiary/aromatic N) is 2. The molecule has 0 unspecified atom stereocenters. The molecule has 2 N–H and O–H groups in total. The summed E-state index contributed by atoms with van der Waals surface area (Å²) in [6, 6.07) is 10.8. The van der Waals surface area contributed by atoms with Crippen molar-refractivity contribution < 1.29 is 28.9 Å². The molecule has 9 nitrogen and oxygen atoms in total. The fraction of sp³-hybridized carbons (Fsp3) is 0.250. The Labute approximate surface area is 191 Å². The molecule has 34 heavy (non-hydrogen) atoms. The van der Waals surface area contributed by atoms with Crippen LogP contribution in [0, 0.1) is 5.82 Å². The van der Waals surface area contributed by atoms with Gasteiger partial charge in [0.15, 0.2) is 11.6 Å². The van der Waals surface area contributed by atoms with Crippen LogP contribution in [0.15, 0.2) is 58.3 Å². The molecular formula is C24H19FN2O7. The molecule has 0 spiro atoms. The number of benzene rings is 2. The first-order valence-electron chi connectivity index (χ1n) is 10.6. The Balaban J connectivity index is 1.53. The molecule has 3 aromatic rings. The maximum absolute atomic E-state index is 14.4. The quantitative estimate of drug-likeness (QED) is 0.451. The Kier molecular flexibility index (Phi) is 5.35. The zero-order chi connectivity index (χ0) is 24.1. The minimum atomic E-state index is -1.21. The van der Waals surface area contributed by atoms with Crippen LogP contribution in [-0.2, 0) is 11.3 Å². The van der Waals surface area contributed by atoms with E-state index in [-0.39, 0.29) is 41.2 Å². The van der Waals surface area contributed by atoms with E-state index < -0.39 is 42.1 Å². The van der Waals surface area contributed by atoms with Crippen LogP contribution in [0.2, 0.25) is 0 Å². The van der Waals surface area contributed by atoms with Crippen LogP contribution in [-0.4, -0.2) is 49.7 Å². The lowest BCUT2D eigenvalue weighted by Gasteiger charge is -2.19. The van der Waals surface area contributed by atoms with Crippen LogP contribution in [0.1, 0.15) is 50.1 Å². The molecule has 2 heterocycles. The summed E-state index contributed by atoms with van der Waals surface area (Å²) >= 11 is 0. The third-order valence-electron chi connectivity index (χ3n) is 6.18. The number of ether oxygens (including phenoxy) is 1. The zero-order valence-corrected chi connectivity index (χ0v) is 17.7. The van der Waals surface area contributed by atoms with Crippen molar-refractivity contribution in [3.63, 3.8) is 0 Å². The molecule has 1 aliphatic heterocycles. The van der Waals surface area contributed by atoms with Crippen LogP contribution in [0.4, 0.5) is 4.39 Å². The average Bonchev–Trinajstić information content (AvgIpc) is 3.22. The molecule has 1 saturated heterocycles. The van der Waals surface area contributed by atoms with E-state index in [4.69, 9.17) is 4.74 Å². The maximum atomic E-state index is 14.4. The summed E-state index contributed by atoms with van der Waals surface area (Å²) in [7, 11) is 0. The zero-order valence-electron chi connectivity index (χ0n) is 17.7. The fourth-order valence-electron chi connectivity index (χ4n) is 4.41. The maximum Gasteiger partial charge on any atom is 0.333 e. The Morgan fingerprint density at radius 2 is 1.62 bits per heavy atom. The Bertz CT molecular complexity index is 1460. The first-order valence-corrected chi connectivity index (χ1v) is 10.6. The molecule has 2 aliphatic rings. The van der Waals surface area contributed by atoms with Crippen LogP contribution in [0.3, 0.4) is 0 Å². The first-order chi connectivity index (χ1) is 16.3. The Morgan fingerprint density at radius 3 is 2.26 bits per heavy atom. The Hall–Kier alpha value is -3.73. The van der Waals surface area contributed by atoms with E-state index in [1.807, 2.05) is 0 Å². The smallest absolute Gasteiger partial charge is 0.333 e. The van der Waals surface area contributed by atoms with Crippen molar-refractivity contribution in [1.82, 2.24) is 9.13 Å². The minimum absolute atomic E-state index is 0.0718. The highest BCUT2D eigenvalue weighted by Crippen LogP contribution is 2.29. The van der Waals surface area contributed by atoms with Gasteiger partial charge in [0.05, 0.1) is 25.5 Å². The number of ketones is 2.